The molecule has 1 aromatic carbocycles. The quantitative estimate of drug-likeness (QED) is 0.144. The average molecular weight is 784 g/mol. The third kappa shape index (κ3) is 10.1. The van der Waals surface area contributed by atoms with E-state index in [1.165, 1.54) is 12.0 Å². The van der Waals surface area contributed by atoms with Crippen LogP contribution in [0.3, 0.4) is 0 Å². The molecule has 2 N–H and O–H groups in total. The molecule has 1 aromatic rings. The first-order chi connectivity index (χ1) is 25.8. The molecule has 2 bridgehead atoms. The summed E-state index contributed by atoms with van der Waals surface area (Å²) in [6.07, 6.45) is 3.25. The predicted octanol–water partition coefficient (Wildman–Crippen LogP) is 7.02. The van der Waals surface area contributed by atoms with Crippen molar-refractivity contribution < 1.29 is 47.4 Å². The van der Waals surface area contributed by atoms with E-state index in [-0.39, 0.29) is 42.1 Å². The number of para-hydroxylation sites is 1. The second-order valence-electron chi connectivity index (χ2n) is 20.0. The first-order valence-electron chi connectivity index (χ1n) is 20.3. The number of nitrogens with one attached hydrogen (secondary N) is 2. The summed E-state index contributed by atoms with van der Waals surface area (Å²) < 4.78 is 36.4. The van der Waals surface area contributed by atoms with Gasteiger partial charge in [0.15, 0.2) is 0 Å². The number of hydrogen-bond acceptors (Lipinski definition) is 10. The minimum absolute atomic E-state index is 0.114. The highest BCUT2D eigenvalue weighted by Crippen LogP contribution is 2.65. The van der Waals surface area contributed by atoms with Crippen molar-refractivity contribution in [3.8, 4) is 5.75 Å². The van der Waals surface area contributed by atoms with E-state index in [2.05, 4.69) is 31.4 Å². The first-order valence-corrected chi connectivity index (χ1v) is 20.3. The fourth-order valence-corrected chi connectivity index (χ4v) is 9.08. The molecule has 4 aliphatic carbocycles. The summed E-state index contributed by atoms with van der Waals surface area (Å²) >= 11 is 0. The van der Waals surface area contributed by atoms with Crippen LogP contribution in [-0.4, -0.2) is 96.3 Å². The zero-order valence-corrected chi connectivity index (χ0v) is 36.0. The van der Waals surface area contributed by atoms with Crippen LogP contribution in [0.5, 0.6) is 5.75 Å². The van der Waals surface area contributed by atoms with E-state index in [1.54, 1.807) is 53.7 Å². The van der Waals surface area contributed by atoms with Gasteiger partial charge < -0.3 is 38.9 Å². The maximum atomic E-state index is 14.3. The molecular formula is C42H66BN3O10. The molecule has 6 rings (SSSR count). The van der Waals surface area contributed by atoms with Crippen molar-refractivity contribution in [3.05, 3.63) is 29.3 Å². The molecule has 4 saturated carbocycles. The summed E-state index contributed by atoms with van der Waals surface area (Å²) in [7, 11) is 0.702. The highest BCUT2D eigenvalue weighted by atomic mass is 16.7. The first kappa shape index (κ1) is 43.6. The van der Waals surface area contributed by atoms with Gasteiger partial charge in [-0.1, -0.05) is 26.0 Å². The molecule has 312 valence electrons. The Bertz CT molecular complexity index is 1620. The number of methoxy groups -OCH3 is 1. The molecule has 5 unspecified atom stereocenters. The van der Waals surface area contributed by atoms with E-state index in [9.17, 15) is 19.2 Å². The topological polar surface area (TPSA) is 151 Å². The lowest BCUT2D eigenvalue weighted by Gasteiger charge is -2.64. The highest BCUT2D eigenvalue weighted by molar-refractivity contribution is 6.48. The Kier molecular flexibility index (Phi) is 12.5. The van der Waals surface area contributed by atoms with E-state index in [1.807, 2.05) is 26.8 Å². The molecule has 0 radical (unpaired) electrons. The summed E-state index contributed by atoms with van der Waals surface area (Å²) in [5.74, 6) is -0.458. The van der Waals surface area contributed by atoms with Gasteiger partial charge in [-0.2, -0.15) is 0 Å². The monoisotopic (exact) mass is 783 g/mol. The van der Waals surface area contributed by atoms with Crippen LogP contribution in [0.15, 0.2) is 18.2 Å². The van der Waals surface area contributed by atoms with E-state index in [0.717, 1.165) is 12.8 Å². The van der Waals surface area contributed by atoms with E-state index in [0.29, 0.717) is 48.8 Å². The maximum absolute atomic E-state index is 14.3. The lowest BCUT2D eigenvalue weighted by Crippen LogP contribution is -2.65. The highest BCUT2D eigenvalue weighted by Gasteiger charge is 2.68. The summed E-state index contributed by atoms with van der Waals surface area (Å²) in [4.78, 5) is 55.3. The third-order valence-corrected chi connectivity index (χ3v) is 11.8. The van der Waals surface area contributed by atoms with Crippen LogP contribution in [0.1, 0.15) is 138 Å². The average Bonchev–Trinajstić information content (AvgIpc) is 3.42. The number of carbonyl (C=O) groups excluding carboxylic acids is 4. The summed E-state index contributed by atoms with van der Waals surface area (Å²) in [5, 5.41) is 6.13. The number of alkyl carbamates (subject to hydrolysis) is 1. The third-order valence-electron chi connectivity index (χ3n) is 11.8. The number of esters is 1. The molecular weight excluding hydrogens is 717 g/mol. The minimum atomic E-state index is -0.802. The van der Waals surface area contributed by atoms with Gasteiger partial charge in [0.05, 0.1) is 24.8 Å². The van der Waals surface area contributed by atoms with Crippen molar-refractivity contribution in [2.24, 2.45) is 17.3 Å². The fourth-order valence-electron chi connectivity index (χ4n) is 9.08. The molecule has 56 heavy (non-hydrogen) atoms. The second kappa shape index (κ2) is 16.0. The number of benzene rings is 1. The predicted molar refractivity (Wildman–Crippen MR) is 212 cm³/mol. The van der Waals surface area contributed by atoms with Crippen LogP contribution in [0, 0.1) is 17.3 Å². The standard InChI is InChI=1S/C42H66BN3O10/c1-38(2,3)52-35(48)29-16-14-15-25(34(29)51-13)21-32(43-55-31-23-26-22-30(41(26,10)11)42(31,12)56-43)45-33(47)24-46(37(50)54-40(7,8)9)28-19-17-27(18-20-28)44-36(49)53-39(4,5)6/h14-16,26-28,30-32H,17-24H2,1-13H3,(H,44,49)(H,45,47). The lowest BCUT2D eigenvalue weighted by atomic mass is 9.43. The van der Waals surface area contributed by atoms with Crippen LogP contribution in [0.2, 0.25) is 0 Å². The van der Waals surface area contributed by atoms with Gasteiger partial charge in [0.1, 0.15) is 34.7 Å². The number of amides is 3. The Morgan fingerprint density at radius 3 is 2.09 bits per heavy atom. The van der Waals surface area contributed by atoms with Crippen molar-refractivity contribution in [3.63, 3.8) is 0 Å². The van der Waals surface area contributed by atoms with Gasteiger partial charge in [-0.05, 0) is 143 Å². The van der Waals surface area contributed by atoms with Crippen molar-refractivity contribution in [2.45, 2.75) is 175 Å². The van der Waals surface area contributed by atoms with Crippen LogP contribution < -0.4 is 15.4 Å². The van der Waals surface area contributed by atoms with Gasteiger partial charge in [0.2, 0.25) is 5.91 Å². The number of rotatable bonds is 10. The Morgan fingerprint density at radius 2 is 1.52 bits per heavy atom. The maximum Gasteiger partial charge on any atom is 0.482 e. The molecule has 0 aromatic heterocycles. The van der Waals surface area contributed by atoms with Gasteiger partial charge in [-0.25, -0.2) is 14.4 Å². The summed E-state index contributed by atoms with van der Waals surface area (Å²) in [6.45, 7) is 22.7. The van der Waals surface area contributed by atoms with E-state index >= 15 is 0 Å². The molecule has 1 saturated heterocycles. The van der Waals surface area contributed by atoms with Gasteiger partial charge in [0, 0.05) is 12.1 Å². The molecule has 14 heteroatoms. The van der Waals surface area contributed by atoms with Crippen molar-refractivity contribution in [1.29, 1.82) is 0 Å². The van der Waals surface area contributed by atoms with E-state index in [4.69, 9.17) is 28.3 Å². The molecule has 3 amide bonds. The number of hydrogen-bond donors (Lipinski definition) is 2. The minimum Gasteiger partial charge on any atom is -0.496 e. The van der Waals surface area contributed by atoms with Crippen molar-refractivity contribution in [1.82, 2.24) is 15.5 Å². The smallest absolute Gasteiger partial charge is 0.482 e. The van der Waals surface area contributed by atoms with Crippen LogP contribution in [0.4, 0.5) is 9.59 Å². The Hall–Kier alpha value is -3.52. The summed E-state index contributed by atoms with van der Waals surface area (Å²) in [5.41, 5.74) is -1.61. The zero-order chi connectivity index (χ0) is 41.6. The van der Waals surface area contributed by atoms with Crippen molar-refractivity contribution >= 4 is 31.2 Å². The van der Waals surface area contributed by atoms with Crippen molar-refractivity contribution in [2.75, 3.05) is 13.7 Å². The second-order valence-corrected chi connectivity index (χ2v) is 20.0. The normalized spacial score (nSPS) is 27.5. The molecule has 13 nitrogen and oxygen atoms in total. The molecule has 1 heterocycles. The Morgan fingerprint density at radius 1 is 0.893 bits per heavy atom. The SMILES string of the molecule is COc1c(CC(NC(=O)CN(C(=O)OC(C)(C)C)C2CCC(NC(=O)OC(C)(C)C)CC2)B2OC3CC4CC(C4(C)C)C3(C)O2)cccc1C(=O)OC(C)(C)C. The fraction of sp³-hybridized carbons (Fsp3) is 0.762. The molecule has 0 spiro atoms. The largest absolute Gasteiger partial charge is 0.496 e. The molecule has 1 aliphatic heterocycles. The van der Waals surface area contributed by atoms with Crippen LogP contribution in [0.25, 0.3) is 0 Å². The van der Waals surface area contributed by atoms with Gasteiger partial charge in [-0.3, -0.25) is 9.69 Å². The van der Waals surface area contributed by atoms with E-state index < -0.39 is 59.5 Å². The zero-order valence-electron chi connectivity index (χ0n) is 36.0. The van der Waals surface area contributed by atoms with Gasteiger partial charge >= 0.3 is 25.3 Å². The Balaban J connectivity index is 1.38. The van der Waals surface area contributed by atoms with Gasteiger partial charge in [-0.15, -0.1) is 0 Å². The molecule has 5 fully saturated rings. The van der Waals surface area contributed by atoms with Crippen LogP contribution >= 0.6 is 0 Å². The van der Waals surface area contributed by atoms with Gasteiger partial charge in [0.25, 0.3) is 0 Å². The molecule has 5 atom stereocenters. The summed E-state index contributed by atoms with van der Waals surface area (Å²) in [6, 6.07) is 4.86. The molecule has 5 aliphatic rings. The Labute approximate surface area is 334 Å². The van der Waals surface area contributed by atoms with Crippen LogP contribution in [-0.2, 0) is 34.7 Å². The number of carbonyl (C=O) groups is 4. The lowest BCUT2D eigenvalue weighted by molar-refractivity contribution is -0.199. The number of nitrogens with zero attached hydrogens (tertiary/aromatic N) is 1. The number of ether oxygens (including phenoxy) is 4.